The highest BCUT2D eigenvalue weighted by Gasteiger charge is 2.21. The van der Waals surface area contributed by atoms with Gasteiger partial charge >= 0.3 is 0 Å². The van der Waals surface area contributed by atoms with Crippen molar-refractivity contribution >= 4 is 34.8 Å². The van der Waals surface area contributed by atoms with Gasteiger partial charge in [0.2, 0.25) is 5.91 Å². The molecule has 0 aromatic heterocycles. The Bertz CT molecular complexity index is 624. The van der Waals surface area contributed by atoms with Crippen LogP contribution in [0, 0.1) is 0 Å². The third-order valence-corrected chi connectivity index (χ3v) is 3.46. The minimum atomic E-state index is -0.445. The molecular formula is C17H18Cl2N2O. The van der Waals surface area contributed by atoms with Crippen LogP contribution in [0.1, 0.15) is 25.5 Å². The topological polar surface area (TPSA) is 41.1 Å². The summed E-state index contributed by atoms with van der Waals surface area (Å²) in [4.78, 5) is 12.6. The summed E-state index contributed by atoms with van der Waals surface area (Å²) in [7, 11) is 0. The lowest BCUT2D eigenvalue weighted by Gasteiger charge is -2.21. The molecule has 2 aromatic rings. The van der Waals surface area contributed by atoms with Gasteiger partial charge in [-0.3, -0.25) is 10.1 Å². The highest BCUT2D eigenvalue weighted by molar-refractivity contribution is 6.35. The second kappa shape index (κ2) is 7.63. The van der Waals surface area contributed by atoms with Crippen molar-refractivity contribution in [3.63, 3.8) is 0 Å². The minimum Gasteiger partial charge on any atom is -0.324 e. The second-order valence-electron chi connectivity index (χ2n) is 5.31. The van der Waals surface area contributed by atoms with E-state index in [1.165, 1.54) is 0 Å². The van der Waals surface area contributed by atoms with Crippen molar-refractivity contribution < 1.29 is 4.79 Å². The zero-order chi connectivity index (χ0) is 16.1. The summed E-state index contributed by atoms with van der Waals surface area (Å²) in [6, 6.07) is 14.3. The van der Waals surface area contributed by atoms with Crippen LogP contribution >= 0.6 is 23.2 Å². The average molecular weight is 337 g/mol. The monoisotopic (exact) mass is 336 g/mol. The molecule has 0 bridgehead atoms. The molecule has 22 heavy (non-hydrogen) atoms. The maximum Gasteiger partial charge on any atom is 0.246 e. The Morgan fingerprint density at radius 1 is 1.00 bits per heavy atom. The number of nitrogens with one attached hydrogen (secondary N) is 2. The third-order valence-electron chi connectivity index (χ3n) is 3.03. The van der Waals surface area contributed by atoms with Gasteiger partial charge in [-0.1, -0.05) is 53.5 Å². The van der Waals surface area contributed by atoms with E-state index in [1.54, 1.807) is 18.2 Å². The van der Waals surface area contributed by atoms with E-state index < -0.39 is 6.04 Å². The predicted octanol–water partition coefficient (Wildman–Crippen LogP) is 4.67. The number of rotatable bonds is 5. The summed E-state index contributed by atoms with van der Waals surface area (Å²) in [5, 5.41) is 7.09. The van der Waals surface area contributed by atoms with Crippen molar-refractivity contribution in [3.05, 3.63) is 64.1 Å². The molecule has 0 saturated heterocycles. The van der Waals surface area contributed by atoms with E-state index in [1.807, 2.05) is 44.2 Å². The number of amides is 1. The van der Waals surface area contributed by atoms with Crippen LogP contribution in [0.25, 0.3) is 0 Å². The summed E-state index contributed by atoms with van der Waals surface area (Å²) >= 11 is 11.9. The molecule has 3 nitrogen and oxygen atoms in total. The van der Waals surface area contributed by atoms with E-state index in [0.717, 1.165) is 5.56 Å². The van der Waals surface area contributed by atoms with Crippen molar-refractivity contribution in [3.8, 4) is 0 Å². The van der Waals surface area contributed by atoms with Gasteiger partial charge < -0.3 is 5.32 Å². The molecule has 5 heteroatoms. The number of halogens is 2. The van der Waals surface area contributed by atoms with Crippen LogP contribution < -0.4 is 10.6 Å². The summed E-state index contributed by atoms with van der Waals surface area (Å²) in [5.74, 6) is -0.154. The molecule has 0 aliphatic rings. The molecular weight excluding hydrogens is 319 g/mol. The van der Waals surface area contributed by atoms with Crippen LogP contribution in [-0.4, -0.2) is 11.9 Å². The molecule has 0 heterocycles. The fraction of sp³-hybridized carbons (Fsp3) is 0.235. The molecule has 1 atom stereocenters. The third kappa shape index (κ3) is 4.73. The van der Waals surface area contributed by atoms with Crippen molar-refractivity contribution in [2.75, 3.05) is 5.32 Å². The van der Waals surface area contributed by atoms with Crippen LogP contribution in [0.15, 0.2) is 48.5 Å². The largest absolute Gasteiger partial charge is 0.324 e. The first-order chi connectivity index (χ1) is 10.5. The molecule has 0 spiro atoms. The highest BCUT2D eigenvalue weighted by Crippen LogP contribution is 2.24. The van der Waals surface area contributed by atoms with Crippen LogP contribution in [-0.2, 0) is 4.79 Å². The number of hydrogen-bond donors (Lipinski definition) is 2. The van der Waals surface area contributed by atoms with E-state index in [2.05, 4.69) is 10.6 Å². The van der Waals surface area contributed by atoms with E-state index in [0.29, 0.717) is 15.7 Å². The SMILES string of the molecule is CC(C)N[C@H](C(=O)Nc1cc(Cl)cc(Cl)c1)c1ccccc1. The predicted molar refractivity (Wildman–Crippen MR) is 92.5 cm³/mol. The Morgan fingerprint density at radius 3 is 2.14 bits per heavy atom. The maximum absolute atomic E-state index is 12.6. The standard InChI is InChI=1S/C17H18Cl2N2O/c1-11(2)20-16(12-6-4-3-5-7-12)17(22)21-15-9-13(18)8-14(19)10-15/h3-11,16,20H,1-2H3,(H,21,22)/t16-/m0/s1. The van der Waals surface area contributed by atoms with Crippen molar-refractivity contribution in [2.45, 2.75) is 25.9 Å². The van der Waals surface area contributed by atoms with Gasteiger partial charge in [0, 0.05) is 21.8 Å². The summed E-state index contributed by atoms with van der Waals surface area (Å²) in [5.41, 5.74) is 1.48. The normalized spacial score (nSPS) is 12.2. The first-order valence-corrected chi connectivity index (χ1v) is 7.79. The Hall–Kier alpha value is -1.55. The fourth-order valence-electron chi connectivity index (χ4n) is 2.14. The Kier molecular flexibility index (Phi) is 5.83. The molecule has 0 unspecified atom stereocenters. The quantitative estimate of drug-likeness (QED) is 0.832. The molecule has 0 aliphatic carbocycles. The van der Waals surface area contributed by atoms with Gasteiger partial charge in [-0.25, -0.2) is 0 Å². The Balaban J connectivity index is 2.22. The van der Waals surface area contributed by atoms with Gasteiger partial charge in [-0.2, -0.15) is 0 Å². The maximum atomic E-state index is 12.6. The van der Waals surface area contributed by atoms with Gasteiger partial charge in [0.1, 0.15) is 6.04 Å². The highest BCUT2D eigenvalue weighted by atomic mass is 35.5. The van der Waals surface area contributed by atoms with Gasteiger partial charge in [-0.15, -0.1) is 0 Å². The molecule has 2 rings (SSSR count). The van der Waals surface area contributed by atoms with Crippen LogP contribution in [0.3, 0.4) is 0 Å². The number of carbonyl (C=O) groups is 1. The molecule has 116 valence electrons. The lowest BCUT2D eigenvalue weighted by atomic mass is 10.1. The molecule has 0 saturated carbocycles. The zero-order valence-electron chi connectivity index (χ0n) is 12.4. The average Bonchev–Trinajstić information content (AvgIpc) is 2.44. The second-order valence-corrected chi connectivity index (χ2v) is 6.19. The Morgan fingerprint density at radius 2 is 1.59 bits per heavy atom. The van der Waals surface area contributed by atoms with E-state index >= 15 is 0 Å². The van der Waals surface area contributed by atoms with E-state index in [4.69, 9.17) is 23.2 Å². The van der Waals surface area contributed by atoms with Gasteiger partial charge in [-0.05, 0) is 37.6 Å². The lowest BCUT2D eigenvalue weighted by molar-refractivity contribution is -0.118. The van der Waals surface area contributed by atoms with Crippen molar-refractivity contribution in [2.24, 2.45) is 0 Å². The number of benzene rings is 2. The van der Waals surface area contributed by atoms with Crippen molar-refractivity contribution in [1.29, 1.82) is 0 Å². The van der Waals surface area contributed by atoms with Crippen LogP contribution in [0.5, 0.6) is 0 Å². The fourth-order valence-corrected chi connectivity index (χ4v) is 2.67. The van der Waals surface area contributed by atoms with Crippen LogP contribution in [0.2, 0.25) is 10.0 Å². The molecule has 2 N–H and O–H groups in total. The summed E-state index contributed by atoms with van der Waals surface area (Å²) < 4.78 is 0. The minimum absolute atomic E-state index is 0.154. The summed E-state index contributed by atoms with van der Waals surface area (Å²) in [6.07, 6.45) is 0. The number of carbonyl (C=O) groups excluding carboxylic acids is 1. The van der Waals surface area contributed by atoms with Crippen LogP contribution in [0.4, 0.5) is 5.69 Å². The molecule has 2 aromatic carbocycles. The number of anilines is 1. The Labute approximate surface area is 140 Å². The first-order valence-electron chi connectivity index (χ1n) is 7.03. The van der Waals surface area contributed by atoms with E-state index in [9.17, 15) is 4.79 Å². The summed E-state index contributed by atoms with van der Waals surface area (Å²) in [6.45, 7) is 4.00. The number of hydrogen-bond acceptors (Lipinski definition) is 2. The van der Waals surface area contributed by atoms with Gasteiger partial charge in [0.15, 0.2) is 0 Å². The molecule has 0 aliphatic heterocycles. The molecule has 1 amide bonds. The van der Waals surface area contributed by atoms with Crippen molar-refractivity contribution in [1.82, 2.24) is 5.32 Å². The van der Waals surface area contributed by atoms with Gasteiger partial charge in [0.25, 0.3) is 0 Å². The van der Waals surface area contributed by atoms with E-state index in [-0.39, 0.29) is 11.9 Å². The first kappa shape index (κ1) is 16.8. The zero-order valence-corrected chi connectivity index (χ0v) is 13.9. The van der Waals surface area contributed by atoms with Gasteiger partial charge in [0.05, 0.1) is 0 Å². The lowest BCUT2D eigenvalue weighted by Crippen LogP contribution is -2.36. The molecule has 0 fully saturated rings. The molecule has 0 radical (unpaired) electrons. The smallest absolute Gasteiger partial charge is 0.246 e.